The third-order valence-electron chi connectivity index (χ3n) is 3.81. The molecule has 0 saturated heterocycles. The van der Waals surface area contributed by atoms with Crippen LogP contribution >= 0.6 is 23.6 Å². The number of anilines is 1. The predicted octanol–water partition coefficient (Wildman–Crippen LogP) is 4.59. The smallest absolute Gasteiger partial charge is 0.226 e. The maximum absolute atomic E-state index is 11.7. The standard InChI is InChI=1S/C19H19N3O2S2/c1-3-6-16(23)22-19(25)20-12-9-11(2)17(24)13(10-12)18-21-14-7-4-5-8-15(14)26-18/h4-5,7-10,24H,3,6H2,1-2H3,(H2,20,22,23,25). The highest BCUT2D eigenvalue weighted by atomic mass is 32.1. The predicted molar refractivity (Wildman–Crippen MR) is 111 cm³/mol. The van der Waals surface area contributed by atoms with Crippen molar-refractivity contribution < 1.29 is 9.90 Å². The molecular weight excluding hydrogens is 366 g/mol. The summed E-state index contributed by atoms with van der Waals surface area (Å²) in [6, 6.07) is 11.4. The fourth-order valence-corrected chi connectivity index (χ4v) is 3.80. The van der Waals surface area contributed by atoms with Gasteiger partial charge in [0.2, 0.25) is 5.91 Å². The number of benzene rings is 2. The van der Waals surface area contributed by atoms with E-state index in [1.54, 1.807) is 12.1 Å². The molecule has 7 heteroatoms. The fraction of sp³-hybridized carbons (Fsp3) is 0.211. The molecule has 3 N–H and O–H groups in total. The number of aryl methyl sites for hydroxylation is 1. The van der Waals surface area contributed by atoms with Gasteiger partial charge in [-0.15, -0.1) is 11.3 Å². The van der Waals surface area contributed by atoms with Gasteiger partial charge in [-0.1, -0.05) is 19.1 Å². The van der Waals surface area contributed by atoms with Crippen molar-refractivity contribution in [3.05, 3.63) is 42.0 Å². The number of thiocarbonyl (C=S) groups is 1. The van der Waals surface area contributed by atoms with E-state index in [2.05, 4.69) is 15.6 Å². The minimum Gasteiger partial charge on any atom is -0.507 e. The molecule has 0 unspecified atom stereocenters. The molecule has 0 aliphatic rings. The topological polar surface area (TPSA) is 74.2 Å². The molecule has 3 rings (SSSR count). The van der Waals surface area contributed by atoms with Crippen LogP contribution < -0.4 is 10.6 Å². The highest BCUT2D eigenvalue weighted by Crippen LogP contribution is 2.38. The number of hydrogen-bond acceptors (Lipinski definition) is 5. The van der Waals surface area contributed by atoms with Crippen molar-refractivity contribution >= 4 is 50.5 Å². The Balaban J connectivity index is 1.89. The maximum atomic E-state index is 11.7. The van der Waals surface area contributed by atoms with E-state index in [0.717, 1.165) is 21.6 Å². The van der Waals surface area contributed by atoms with Crippen LogP contribution in [0.1, 0.15) is 25.3 Å². The zero-order valence-electron chi connectivity index (χ0n) is 14.5. The second-order valence-corrected chi connectivity index (χ2v) is 7.37. The molecule has 5 nitrogen and oxygen atoms in total. The van der Waals surface area contributed by atoms with Gasteiger partial charge in [0.15, 0.2) is 5.11 Å². The van der Waals surface area contributed by atoms with Gasteiger partial charge < -0.3 is 15.7 Å². The molecule has 0 saturated carbocycles. The monoisotopic (exact) mass is 385 g/mol. The third-order valence-corrected chi connectivity index (χ3v) is 5.09. The lowest BCUT2D eigenvalue weighted by Gasteiger charge is -2.12. The van der Waals surface area contributed by atoms with Crippen LogP contribution in [0, 0.1) is 6.92 Å². The number of thiazole rings is 1. The number of phenols is 1. The number of hydrogen-bond donors (Lipinski definition) is 3. The quantitative estimate of drug-likeness (QED) is 0.452. The molecule has 1 heterocycles. The van der Waals surface area contributed by atoms with Crippen molar-refractivity contribution in [2.45, 2.75) is 26.7 Å². The van der Waals surface area contributed by atoms with E-state index >= 15 is 0 Å². The zero-order valence-corrected chi connectivity index (χ0v) is 16.1. The second kappa shape index (κ2) is 7.80. The highest BCUT2D eigenvalue weighted by Gasteiger charge is 2.14. The maximum Gasteiger partial charge on any atom is 0.226 e. The Morgan fingerprint density at radius 2 is 2.08 bits per heavy atom. The molecular formula is C19H19N3O2S2. The summed E-state index contributed by atoms with van der Waals surface area (Å²) < 4.78 is 1.06. The van der Waals surface area contributed by atoms with Crippen LogP contribution in [0.15, 0.2) is 36.4 Å². The van der Waals surface area contributed by atoms with Crippen LogP contribution in [-0.4, -0.2) is 21.1 Å². The summed E-state index contributed by atoms with van der Waals surface area (Å²) in [7, 11) is 0. The van der Waals surface area contributed by atoms with E-state index in [9.17, 15) is 9.90 Å². The molecule has 0 spiro atoms. The lowest BCUT2D eigenvalue weighted by Crippen LogP contribution is -2.33. The molecule has 26 heavy (non-hydrogen) atoms. The first-order valence-corrected chi connectivity index (χ1v) is 9.50. The number of rotatable bonds is 4. The van der Waals surface area contributed by atoms with Crippen LogP contribution in [0.4, 0.5) is 5.69 Å². The molecule has 0 aliphatic carbocycles. The first kappa shape index (κ1) is 18.3. The Bertz CT molecular complexity index is 949. The van der Waals surface area contributed by atoms with Crippen LogP contribution in [0.5, 0.6) is 5.75 Å². The molecule has 1 amide bonds. The molecule has 0 atom stereocenters. The fourth-order valence-electron chi connectivity index (χ4n) is 2.58. The zero-order chi connectivity index (χ0) is 18.7. The Morgan fingerprint density at radius 1 is 1.31 bits per heavy atom. The Labute approximate surface area is 161 Å². The van der Waals surface area contributed by atoms with Gasteiger partial charge in [-0.25, -0.2) is 4.98 Å². The minimum absolute atomic E-state index is 0.119. The van der Waals surface area contributed by atoms with Crippen molar-refractivity contribution in [1.29, 1.82) is 0 Å². The van der Waals surface area contributed by atoms with Crippen molar-refractivity contribution in [1.82, 2.24) is 10.3 Å². The van der Waals surface area contributed by atoms with Gasteiger partial charge in [0.1, 0.15) is 10.8 Å². The Kier molecular flexibility index (Phi) is 5.49. The van der Waals surface area contributed by atoms with E-state index < -0.39 is 0 Å². The summed E-state index contributed by atoms with van der Waals surface area (Å²) in [5, 5.41) is 17.1. The molecule has 0 aliphatic heterocycles. The minimum atomic E-state index is -0.119. The van der Waals surface area contributed by atoms with Crippen LogP contribution in [0.3, 0.4) is 0 Å². The third kappa shape index (κ3) is 4.00. The Morgan fingerprint density at radius 3 is 2.81 bits per heavy atom. The lowest BCUT2D eigenvalue weighted by molar-refractivity contribution is -0.119. The Hall–Kier alpha value is -2.51. The van der Waals surface area contributed by atoms with Crippen molar-refractivity contribution in [3.63, 3.8) is 0 Å². The van der Waals surface area contributed by atoms with E-state index in [-0.39, 0.29) is 16.8 Å². The van der Waals surface area contributed by atoms with Gasteiger partial charge in [0.05, 0.1) is 15.8 Å². The van der Waals surface area contributed by atoms with Crippen LogP contribution in [-0.2, 0) is 4.79 Å². The van der Waals surface area contributed by atoms with E-state index in [1.165, 1.54) is 11.3 Å². The molecule has 134 valence electrons. The van der Waals surface area contributed by atoms with Gasteiger partial charge >= 0.3 is 0 Å². The highest BCUT2D eigenvalue weighted by molar-refractivity contribution is 7.80. The van der Waals surface area contributed by atoms with E-state index in [4.69, 9.17) is 12.2 Å². The van der Waals surface area contributed by atoms with E-state index in [1.807, 2.05) is 38.1 Å². The number of para-hydroxylation sites is 1. The first-order chi connectivity index (χ1) is 12.5. The molecule has 3 aromatic rings. The summed E-state index contributed by atoms with van der Waals surface area (Å²) in [5.74, 6) is 0.0717. The second-order valence-electron chi connectivity index (χ2n) is 5.93. The number of amides is 1. The first-order valence-electron chi connectivity index (χ1n) is 8.28. The summed E-state index contributed by atoms with van der Waals surface area (Å²) in [5.41, 5.74) is 2.92. The van der Waals surface area contributed by atoms with Gasteiger partial charge in [-0.05, 0) is 55.4 Å². The number of nitrogens with one attached hydrogen (secondary N) is 2. The van der Waals surface area contributed by atoms with Crippen molar-refractivity contribution in [2.75, 3.05) is 5.32 Å². The number of aromatic hydroxyl groups is 1. The van der Waals surface area contributed by atoms with Gasteiger partial charge in [-0.2, -0.15) is 0 Å². The average molecular weight is 386 g/mol. The SMILES string of the molecule is CCCC(=O)NC(=S)Nc1cc(C)c(O)c(-c2nc3ccccc3s2)c1. The van der Waals surface area contributed by atoms with E-state index in [0.29, 0.717) is 23.2 Å². The van der Waals surface area contributed by atoms with Crippen molar-refractivity contribution in [3.8, 4) is 16.3 Å². The van der Waals surface area contributed by atoms with Gasteiger partial charge in [0.25, 0.3) is 0 Å². The normalized spacial score (nSPS) is 10.7. The number of fused-ring (bicyclic) bond motifs is 1. The molecule has 2 aromatic carbocycles. The number of carbonyl (C=O) groups is 1. The molecule has 1 aromatic heterocycles. The number of carbonyl (C=O) groups excluding carboxylic acids is 1. The summed E-state index contributed by atoms with van der Waals surface area (Å²) in [4.78, 5) is 16.3. The van der Waals surface area contributed by atoms with Crippen LogP contribution in [0.2, 0.25) is 0 Å². The average Bonchev–Trinajstić information content (AvgIpc) is 3.01. The lowest BCUT2D eigenvalue weighted by atomic mass is 10.1. The number of aromatic nitrogens is 1. The number of nitrogens with zero attached hydrogens (tertiary/aromatic N) is 1. The summed E-state index contributed by atoms with van der Waals surface area (Å²) in [6.45, 7) is 3.75. The van der Waals surface area contributed by atoms with Gasteiger partial charge in [-0.3, -0.25) is 4.79 Å². The molecule has 0 radical (unpaired) electrons. The van der Waals surface area contributed by atoms with Crippen molar-refractivity contribution in [2.24, 2.45) is 0 Å². The molecule has 0 bridgehead atoms. The molecule has 0 fully saturated rings. The summed E-state index contributed by atoms with van der Waals surface area (Å²) >= 11 is 6.71. The van der Waals surface area contributed by atoms with Crippen LogP contribution in [0.25, 0.3) is 20.8 Å². The summed E-state index contributed by atoms with van der Waals surface area (Å²) in [6.07, 6.45) is 1.18. The number of phenolic OH excluding ortho intramolecular Hbond substituents is 1. The van der Waals surface area contributed by atoms with Gasteiger partial charge in [0, 0.05) is 12.1 Å². The largest absolute Gasteiger partial charge is 0.507 e.